The largest absolute Gasteiger partial charge is 0.343 e. The summed E-state index contributed by atoms with van der Waals surface area (Å²) < 4.78 is 0. The highest BCUT2D eigenvalue weighted by atomic mass is 32.2. The molecule has 1 aliphatic heterocycles. The van der Waals surface area contributed by atoms with Crippen LogP contribution in [0.4, 0.5) is 0 Å². The standard InChI is InChI=1S/C13H27N3OS/c1-4-16-8-5-6-11(16)10-15(2)13(17)12(14)7-9-18-3/h11-12H,4-10,14H2,1-3H3/t11?,12-/m0/s1. The minimum Gasteiger partial charge on any atom is -0.343 e. The molecule has 0 spiro atoms. The maximum Gasteiger partial charge on any atom is 0.239 e. The number of carbonyl (C=O) groups is 1. The van der Waals surface area contributed by atoms with Crippen molar-refractivity contribution in [1.29, 1.82) is 0 Å². The third-order valence-electron chi connectivity index (χ3n) is 3.72. The summed E-state index contributed by atoms with van der Waals surface area (Å²) >= 11 is 1.74. The number of amides is 1. The van der Waals surface area contributed by atoms with E-state index in [-0.39, 0.29) is 11.9 Å². The third kappa shape index (κ3) is 4.44. The quantitative estimate of drug-likeness (QED) is 0.752. The van der Waals surface area contributed by atoms with Crippen molar-refractivity contribution >= 4 is 17.7 Å². The highest BCUT2D eigenvalue weighted by Gasteiger charge is 2.27. The number of thioether (sulfide) groups is 1. The van der Waals surface area contributed by atoms with Crippen LogP contribution in [0.3, 0.4) is 0 Å². The zero-order valence-electron chi connectivity index (χ0n) is 11.9. The Morgan fingerprint density at radius 1 is 1.61 bits per heavy atom. The molecule has 1 heterocycles. The van der Waals surface area contributed by atoms with Gasteiger partial charge < -0.3 is 10.6 Å². The van der Waals surface area contributed by atoms with Crippen LogP contribution in [0.5, 0.6) is 0 Å². The van der Waals surface area contributed by atoms with Crippen LogP contribution in [0.15, 0.2) is 0 Å². The Bertz CT molecular complexity index is 263. The molecule has 0 aliphatic carbocycles. The summed E-state index contributed by atoms with van der Waals surface area (Å²) in [6.07, 6.45) is 5.26. The molecule has 0 bridgehead atoms. The van der Waals surface area contributed by atoms with Crippen molar-refractivity contribution in [2.45, 2.75) is 38.3 Å². The molecule has 1 aliphatic rings. The molecule has 0 aromatic carbocycles. The van der Waals surface area contributed by atoms with E-state index in [4.69, 9.17) is 5.73 Å². The second-order valence-corrected chi connectivity index (χ2v) is 6.02. The Hall–Kier alpha value is -0.260. The molecule has 1 rings (SSSR count). The predicted octanol–water partition coefficient (Wildman–Crippen LogP) is 1.01. The molecular formula is C13H27N3OS. The van der Waals surface area contributed by atoms with Gasteiger partial charge in [0.05, 0.1) is 6.04 Å². The summed E-state index contributed by atoms with van der Waals surface area (Å²) in [6.45, 7) is 5.25. The lowest BCUT2D eigenvalue weighted by molar-refractivity contribution is -0.131. The van der Waals surface area contributed by atoms with Gasteiger partial charge in [0.15, 0.2) is 0 Å². The van der Waals surface area contributed by atoms with Gasteiger partial charge in [-0.25, -0.2) is 0 Å². The van der Waals surface area contributed by atoms with Crippen molar-refractivity contribution in [3.63, 3.8) is 0 Å². The number of nitrogens with zero attached hydrogens (tertiary/aromatic N) is 2. The maximum absolute atomic E-state index is 12.1. The maximum atomic E-state index is 12.1. The normalized spacial score (nSPS) is 22.1. The first-order valence-corrected chi connectivity index (χ1v) is 8.23. The lowest BCUT2D eigenvalue weighted by atomic mass is 10.1. The highest BCUT2D eigenvalue weighted by Crippen LogP contribution is 2.17. The SMILES string of the molecule is CCN1CCCC1CN(C)C(=O)[C@@H](N)CCSC. The Morgan fingerprint density at radius 3 is 2.94 bits per heavy atom. The monoisotopic (exact) mass is 273 g/mol. The van der Waals surface area contributed by atoms with Crippen LogP contribution < -0.4 is 5.73 Å². The van der Waals surface area contributed by atoms with Gasteiger partial charge >= 0.3 is 0 Å². The van der Waals surface area contributed by atoms with Gasteiger partial charge in [0, 0.05) is 19.6 Å². The van der Waals surface area contributed by atoms with E-state index in [9.17, 15) is 4.79 Å². The molecule has 18 heavy (non-hydrogen) atoms. The van der Waals surface area contributed by atoms with Crippen LogP contribution in [0.1, 0.15) is 26.2 Å². The summed E-state index contributed by atoms with van der Waals surface area (Å²) in [5.41, 5.74) is 5.93. The molecular weight excluding hydrogens is 246 g/mol. The van der Waals surface area contributed by atoms with Crippen molar-refractivity contribution in [3.8, 4) is 0 Å². The van der Waals surface area contributed by atoms with E-state index >= 15 is 0 Å². The van der Waals surface area contributed by atoms with E-state index < -0.39 is 0 Å². The Balaban J connectivity index is 2.39. The minimum atomic E-state index is -0.334. The van der Waals surface area contributed by atoms with Gasteiger partial charge in [0.25, 0.3) is 0 Å². The summed E-state index contributed by atoms with van der Waals surface area (Å²) in [4.78, 5) is 16.4. The fourth-order valence-corrected chi connectivity index (χ4v) is 3.07. The van der Waals surface area contributed by atoms with Crippen LogP contribution in [-0.2, 0) is 4.79 Å². The number of rotatable bonds is 7. The van der Waals surface area contributed by atoms with E-state index in [0.29, 0.717) is 6.04 Å². The molecule has 106 valence electrons. The molecule has 0 aromatic heterocycles. The van der Waals surface area contributed by atoms with E-state index in [1.54, 1.807) is 11.8 Å². The second-order valence-electron chi connectivity index (χ2n) is 5.03. The minimum absolute atomic E-state index is 0.0898. The zero-order chi connectivity index (χ0) is 13.5. The Kier molecular flexibility index (Phi) is 7.04. The zero-order valence-corrected chi connectivity index (χ0v) is 12.7. The van der Waals surface area contributed by atoms with Crippen molar-refractivity contribution in [3.05, 3.63) is 0 Å². The van der Waals surface area contributed by atoms with Crippen LogP contribution in [0.25, 0.3) is 0 Å². The molecule has 5 heteroatoms. The van der Waals surface area contributed by atoms with Crippen LogP contribution in [0, 0.1) is 0 Å². The number of hydrogen-bond donors (Lipinski definition) is 1. The summed E-state index contributed by atoms with van der Waals surface area (Å²) in [6, 6.07) is 0.190. The van der Waals surface area contributed by atoms with E-state index in [1.165, 1.54) is 19.4 Å². The number of carbonyl (C=O) groups excluding carboxylic acids is 1. The fraction of sp³-hybridized carbons (Fsp3) is 0.923. The van der Waals surface area contributed by atoms with Crippen LogP contribution >= 0.6 is 11.8 Å². The molecule has 1 saturated heterocycles. The molecule has 1 fully saturated rings. The van der Waals surface area contributed by atoms with Gasteiger partial charge in [-0.3, -0.25) is 9.69 Å². The summed E-state index contributed by atoms with van der Waals surface area (Å²) in [7, 11) is 1.88. The second kappa shape index (κ2) is 8.02. The molecule has 2 atom stereocenters. The Labute approximate surface area is 115 Å². The molecule has 0 radical (unpaired) electrons. The number of likely N-dealkylation sites (N-methyl/N-ethyl adjacent to an activating group) is 2. The molecule has 4 nitrogen and oxygen atoms in total. The van der Waals surface area contributed by atoms with Gasteiger partial charge in [-0.05, 0) is 44.4 Å². The first-order chi connectivity index (χ1) is 8.60. The van der Waals surface area contributed by atoms with Crippen molar-refractivity contribution in [2.75, 3.05) is 38.7 Å². The van der Waals surface area contributed by atoms with Gasteiger partial charge in [-0.1, -0.05) is 6.92 Å². The lowest BCUT2D eigenvalue weighted by Crippen LogP contribution is -2.47. The van der Waals surface area contributed by atoms with Crippen molar-refractivity contribution in [1.82, 2.24) is 9.80 Å². The highest BCUT2D eigenvalue weighted by molar-refractivity contribution is 7.98. The molecule has 2 N–H and O–H groups in total. The van der Waals surface area contributed by atoms with Gasteiger partial charge in [-0.15, -0.1) is 0 Å². The van der Waals surface area contributed by atoms with Crippen molar-refractivity contribution < 1.29 is 4.79 Å². The average Bonchev–Trinajstić information content (AvgIpc) is 2.81. The van der Waals surface area contributed by atoms with Gasteiger partial charge in [-0.2, -0.15) is 11.8 Å². The third-order valence-corrected chi connectivity index (χ3v) is 4.36. The molecule has 0 aromatic rings. The first-order valence-electron chi connectivity index (χ1n) is 6.83. The number of likely N-dealkylation sites (tertiary alicyclic amines) is 1. The lowest BCUT2D eigenvalue weighted by Gasteiger charge is -2.29. The first kappa shape index (κ1) is 15.8. The summed E-state index contributed by atoms with van der Waals surface area (Å²) in [5, 5.41) is 0. The average molecular weight is 273 g/mol. The number of nitrogens with two attached hydrogens (primary N) is 1. The van der Waals surface area contributed by atoms with E-state index in [1.807, 2.05) is 18.2 Å². The van der Waals surface area contributed by atoms with E-state index in [2.05, 4.69) is 11.8 Å². The van der Waals surface area contributed by atoms with Crippen LogP contribution in [0.2, 0.25) is 0 Å². The molecule has 1 amide bonds. The van der Waals surface area contributed by atoms with Crippen LogP contribution in [-0.4, -0.2) is 66.5 Å². The molecule has 0 saturated carbocycles. The molecule has 1 unspecified atom stereocenters. The van der Waals surface area contributed by atoms with Gasteiger partial charge in [0.2, 0.25) is 5.91 Å². The van der Waals surface area contributed by atoms with Gasteiger partial charge in [0.1, 0.15) is 0 Å². The summed E-state index contributed by atoms with van der Waals surface area (Å²) in [5.74, 6) is 1.04. The topological polar surface area (TPSA) is 49.6 Å². The van der Waals surface area contributed by atoms with Crippen molar-refractivity contribution in [2.24, 2.45) is 5.73 Å². The fourth-order valence-electron chi connectivity index (χ4n) is 2.58. The predicted molar refractivity (Wildman–Crippen MR) is 78.9 cm³/mol. The Morgan fingerprint density at radius 2 is 2.33 bits per heavy atom. The smallest absolute Gasteiger partial charge is 0.239 e. The number of hydrogen-bond acceptors (Lipinski definition) is 4. The van der Waals surface area contributed by atoms with E-state index in [0.717, 1.165) is 25.3 Å².